The van der Waals surface area contributed by atoms with Crippen molar-refractivity contribution in [1.29, 1.82) is 15.8 Å². The normalized spacial score (nSPS) is 16.7. The minimum atomic E-state index is -1.30. The monoisotopic (exact) mass is 661 g/mol. The van der Waals surface area contributed by atoms with Gasteiger partial charge in [-0.1, -0.05) is 36.4 Å². The van der Waals surface area contributed by atoms with Gasteiger partial charge in [-0.15, -0.1) is 0 Å². The molecular weight excluding hydrogens is 630 g/mol. The van der Waals surface area contributed by atoms with Gasteiger partial charge in [-0.05, 0) is 81.1 Å². The molecule has 0 saturated carbocycles. The second-order valence-electron chi connectivity index (χ2n) is 11.9. The summed E-state index contributed by atoms with van der Waals surface area (Å²) in [5, 5.41) is 43.7. The molecule has 5 aromatic rings. The number of carbonyl (C=O) groups is 3. The molecule has 4 atom stereocenters. The number of carbonyl (C=O) groups excluding carboxylic acids is 3. The molecule has 6 rings (SSSR count). The van der Waals surface area contributed by atoms with Crippen LogP contribution >= 0.6 is 0 Å². The van der Waals surface area contributed by atoms with E-state index in [4.69, 9.17) is 0 Å². The lowest BCUT2D eigenvalue weighted by molar-refractivity contribution is -0.129. The Hall–Kier alpha value is -6.81. The summed E-state index contributed by atoms with van der Waals surface area (Å²) in [5.74, 6) is -1.56. The largest absolute Gasteiger partial charge is 0.341 e. The Balaban J connectivity index is 1.67. The van der Waals surface area contributed by atoms with Crippen LogP contribution in [0.2, 0.25) is 0 Å². The van der Waals surface area contributed by atoms with Crippen LogP contribution in [0.4, 0.5) is 11.4 Å². The zero-order valence-electron chi connectivity index (χ0n) is 27.4. The van der Waals surface area contributed by atoms with Crippen LogP contribution in [0.15, 0.2) is 91.0 Å². The van der Waals surface area contributed by atoms with Gasteiger partial charge in [-0.25, -0.2) is 0 Å². The van der Waals surface area contributed by atoms with Crippen LogP contribution in [0.1, 0.15) is 58.2 Å². The number of hydrogen-bond acceptors (Lipinski definition) is 8. The van der Waals surface area contributed by atoms with Gasteiger partial charge in [0.2, 0.25) is 5.91 Å². The van der Waals surface area contributed by atoms with E-state index in [2.05, 4.69) is 33.0 Å². The number of fused-ring (bicyclic) bond motifs is 2. The highest BCUT2D eigenvalue weighted by atomic mass is 16.2. The molecule has 4 aromatic carbocycles. The van der Waals surface area contributed by atoms with E-state index in [1.807, 2.05) is 30.3 Å². The second kappa shape index (κ2) is 13.7. The number of likely N-dealkylation sites (N-methyl/N-ethyl adjacent to an activating group) is 1. The van der Waals surface area contributed by atoms with Crippen LogP contribution in [0.3, 0.4) is 0 Å². The molecule has 0 saturated heterocycles. The summed E-state index contributed by atoms with van der Waals surface area (Å²) in [6.07, 6.45) is 0. The Bertz CT molecular complexity index is 2260. The van der Waals surface area contributed by atoms with E-state index in [1.54, 1.807) is 57.3 Å². The molecule has 12 heteroatoms. The fraction of sp³-hybridized carbons (Fsp3) is 0.184. The summed E-state index contributed by atoms with van der Waals surface area (Å²) in [4.78, 5) is 46.2. The second-order valence-corrected chi connectivity index (χ2v) is 11.9. The topological polar surface area (TPSA) is 182 Å². The summed E-state index contributed by atoms with van der Waals surface area (Å²) < 4.78 is 0. The predicted molar refractivity (Wildman–Crippen MR) is 186 cm³/mol. The first-order valence-corrected chi connectivity index (χ1v) is 15.8. The molecular formula is C38H31N9O3. The van der Waals surface area contributed by atoms with E-state index < -0.39 is 41.9 Å². The molecule has 0 spiro atoms. The molecule has 2 heterocycles. The van der Waals surface area contributed by atoms with Crippen molar-refractivity contribution < 1.29 is 14.4 Å². The van der Waals surface area contributed by atoms with E-state index >= 15 is 4.79 Å². The summed E-state index contributed by atoms with van der Waals surface area (Å²) >= 11 is 0. The number of H-pyrrole nitrogens is 1. The number of benzene rings is 4. The standard InChI is InChI=1S/C38H31N9O3/c1-22(42-3)36(48)43-33-23(2)46(37(49)26-15-12-24(19-39)13-16-26)32-18-25(20-40)14-17-31(32)47(38(33)50)35(28-9-5-4-8-27(28)21-41)34-29-10-6-7-11-30(29)44-45-34/h4-18,22-23,33,35,42H,1-3H3,(H,43,48)(H,44,45)/t22?,23-,33-,35-/m0/s1. The van der Waals surface area contributed by atoms with Crippen LogP contribution in [0, 0.1) is 34.0 Å². The number of nitriles is 3. The lowest BCUT2D eigenvalue weighted by Crippen LogP contribution is -2.60. The third-order valence-corrected chi connectivity index (χ3v) is 9.02. The van der Waals surface area contributed by atoms with Crippen molar-refractivity contribution in [2.24, 2.45) is 0 Å². The molecule has 0 radical (unpaired) electrons. The number of aromatic amines is 1. The van der Waals surface area contributed by atoms with Crippen molar-refractivity contribution in [2.45, 2.75) is 38.0 Å². The molecule has 50 heavy (non-hydrogen) atoms. The van der Waals surface area contributed by atoms with Crippen LogP contribution in [-0.4, -0.2) is 53.1 Å². The fourth-order valence-corrected chi connectivity index (χ4v) is 6.26. The number of nitrogens with one attached hydrogen (secondary N) is 3. The van der Waals surface area contributed by atoms with Crippen molar-refractivity contribution in [1.82, 2.24) is 20.8 Å². The third kappa shape index (κ3) is 5.79. The molecule has 3 amide bonds. The maximum Gasteiger partial charge on any atom is 0.258 e. The van der Waals surface area contributed by atoms with Crippen molar-refractivity contribution in [2.75, 3.05) is 16.8 Å². The average molecular weight is 662 g/mol. The Labute approximate surface area is 288 Å². The predicted octanol–water partition coefficient (Wildman–Crippen LogP) is 4.44. The molecule has 1 unspecified atom stereocenters. The molecule has 1 aliphatic heterocycles. The molecule has 0 fully saturated rings. The molecule has 1 aliphatic rings. The highest BCUT2D eigenvalue weighted by molar-refractivity contribution is 6.14. The fourth-order valence-electron chi connectivity index (χ4n) is 6.26. The lowest BCUT2D eigenvalue weighted by atomic mass is 9.93. The first kappa shape index (κ1) is 33.1. The van der Waals surface area contributed by atoms with Crippen LogP contribution in [-0.2, 0) is 9.59 Å². The minimum Gasteiger partial charge on any atom is -0.341 e. The molecule has 246 valence electrons. The van der Waals surface area contributed by atoms with Gasteiger partial charge in [-0.2, -0.15) is 20.9 Å². The molecule has 0 bridgehead atoms. The van der Waals surface area contributed by atoms with Gasteiger partial charge >= 0.3 is 0 Å². The highest BCUT2D eigenvalue weighted by Gasteiger charge is 2.46. The van der Waals surface area contributed by atoms with Gasteiger partial charge in [0, 0.05) is 10.9 Å². The number of anilines is 2. The lowest BCUT2D eigenvalue weighted by Gasteiger charge is -2.34. The molecule has 3 N–H and O–H groups in total. The Morgan fingerprint density at radius 2 is 1.56 bits per heavy atom. The van der Waals surface area contributed by atoms with Gasteiger partial charge in [0.15, 0.2) is 0 Å². The summed E-state index contributed by atoms with van der Waals surface area (Å²) in [5.41, 5.74) is 3.21. The first-order chi connectivity index (χ1) is 24.2. The SMILES string of the molecule is CNC(C)C(=O)N[C@@H]1C(=O)N([C@@H](c2ccccc2C#N)c2[nH]nc3ccccc23)c2ccc(C#N)cc2N(C(=O)c2ccc(C#N)cc2)[C@H]1C. The van der Waals surface area contributed by atoms with Gasteiger partial charge < -0.3 is 15.5 Å². The van der Waals surface area contributed by atoms with E-state index in [0.29, 0.717) is 33.3 Å². The number of rotatable bonds is 7. The van der Waals surface area contributed by atoms with E-state index in [9.17, 15) is 25.4 Å². The number of para-hydroxylation sites is 1. The maximum absolute atomic E-state index is 15.3. The van der Waals surface area contributed by atoms with E-state index in [1.165, 1.54) is 40.1 Å². The van der Waals surface area contributed by atoms with Crippen molar-refractivity contribution >= 4 is 40.0 Å². The van der Waals surface area contributed by atoms with Gasteiger partial charge in [-0.3, -0.25) is 24.4 Å². The minimum absolute atomic E-state index is 0.227. The van der Waals surface area contributed by atoms with E-state index in [0.717, 1.165) is 0 Å². The quantitative estimate of drug-likeness (QED) is 0.229. The first-order valence-electron chi connectivity index (χ1n) is 15.8. The summed E-state index contributed by atoms with van der Waals surface area (Å²) in [6.45, 7) is 3.31. The van der Waals surface area contributed by atoms with Crippen LogP contribution < -0.4 is 20.4 Å². The Morgan fingerprint density at radius 1 is 0.880 bits per heavy atom. The van der Waals surface area contributed by atoms with Crippen molar-refractivity contribution in [3.63, 3.8) is 0 Å². The molecule has 1 aromatic heterocycles. The van der Waals surface area contributed by atoms with Crippen molar-refractivity contribution in [3.8, 4) is 18.2 Å². The number of nitrogens with zero attached hydrogens (tertiary/aromatic N) is 6. The Morgan fingerprint density at radius 3 is 2.26 bits per heavy atom. The maximum atomic E-state index is 15.3. The van der Waals surface area contributed by atoms with Gasteiger partial charge in [0.25, 0.3) is 11.8 Å². The summed E-state index contributed by atoms with van der Waals surface area (Å²) in [6, 6.07) is 27.5. The van der Waals surface area contributed by atoms with Crippen molar-refractivity contribution in [3.05, 3.63) is 125 Å². The van der Waals surface area contributed by atoms with Crippen LogP contribution in [0.5, 0.6) is 0 Å². The molecule has 12 nitrogen and oxygen atoms in total. The average Bonchev–Trinajstić information content (AvgIpc) is 3.56. The smallest absolute Gasteiger partial charge is 0.258 e. The molecule has 0 aliphatic carbocycles. The zero-order chi connectivity index (χ0) is 35.5. The van der Waals surface area contributed by atoms with Gasteiger partial charge in [0.05, 0.1) is 69.6 Å². The zero-order valence-corrected chi connectivity index (χ0v) is 27.4. The number of hydrogen-bond donors (Lipinski definition) is 3. The number of amides is 3. The Kier molecular flexibility index (Phi) is 9.09. The van der Waals surface area contributed by atoms with Gasteiger partial charge in [0.1, 0.15) is 12.1 Å². The van der Waals surface area contributed by atoms with Crippen LogP contribution in [0.25, 0.3) is 10.9 Å². The number of aromatic nitrogens is 2. The third-order valence-electron chi connectivity index (χ3n) is 9.02. The highest BCUT2D eigenvalue weighted by Crippen LogP contribution is 2.44. The van der Waals surface area contributed by atoms with E-state index in [-0.39, 0.29) is 22.5 Å². The summed E-state index contributed by atoms with van der Waals surface area (Å²) in [7, 11) is 1.62.